The van der Waals surface area contributed by atoms with Gasteiger partial charge in [-0.1, -0.05) is 11.6 Å². The van der Waals surface area contributed by atoms with Gasteiger partial charge in [-0.2, -0.15) is 0 Å². The minimum atomic E-state index is -1.11. The highest BCUT2D eigenvalue weighted by molar-refractivity contribution is 6.34. The number of nitro groups is 1. The second-order valence-corrected chi connectivity index (χ2v) is 4.85. The van der Waals surface area contributed by atoms with Crippen LogP contribution in [-0.4, -0.2) is 34.1 Å². The van der Waals surface area contributed by atoms with Crippen molar-refractivity contribution in [1.29, 1.82) is 0 Å². The molecule has 2 rings (SSSR count). The van der Waals surface area contributed by atoms with E-state index < -0.39 is 29.0 Å². The molecule has 1 heterocycles. The maximum Gasteiger partial charge on any atom is 0.332 e. The first-order chi connectivity index (χ1) is 9.88. The summed E-state index contributed by atoms with van der Waals surface area (Å²) in [5, 5.41) is 21.9. The van der Waals surface area contributed by atoms with Gasteiger partial charge in [-0.25, -0.2) is 4.79 Å². The molecule has 2 unspecified atom stereocenters. The molecule has 1 aromatic carbocycles. The number of carbonyl (C=O) groups excluding carboxylic acids is 1. The number of non-ortho nitro benzene ring substituents is 1. The molecule has 0 spiro atoms. The molecule has 112 valence electrons. The quantitative estimate of drug-likeness (QED) is 0.646. The Hall–Kier alpha value is -2.19. The number of amides is 1. The molecule has 1 aliphatic rings. The topological polar surface area (TPSA) is 119 Å². The SMILES string of the molecule is O=C(O)C1CCC(C(=O)Nc2ccc([N+](=O)[O-])cc2Cl)O1. The minimum Gasteiger partial charge on any atom is -0.479 e. The number of ether oxygens (including phenoxy) is 1. The van der Waals surface area contributed by atoms with Gasteiger partial charge in [-0.05, 0) is 18.9 Å². The summed E-state index contributed by atoms with van der Waals surface area (Å²) >= 11 is 5.85. The van der Waals surface area contributed by atoms with Gasteiger partial charge in [0.05, 0.1) is 15.6 Å². The maximum absolute atomic E-state index is 11.9. The molecule has 0 saturated carbocycles. The predicted molar refractivity (Wildman–Crippen MR) is 72.3 cm³/mol. The Morgan fingerprint density at radius 1 is 1.38 bits per heavy atom. The van der Waals surface area contributed by atoms with Crippen LogP contribution < -0.4 is 5.32 Å². The summed E-state index contributed by atoms with van der Waals surface area (Å²) in [7, 11) is 0. The first-order valence-corrected chi connectivity index (χ1v) is 6.39. The van der Waals surface area contributed by atoms with Crippen molar-refractivity contribution < 1.29 is 24.4 Å². The van der Waals surface area contributed by atoms with E-state index in [4.69, 9.17) is 21.4 Å². The van der Waals surface area contributed by atoms with Crippen LogP contribution in [0, 0.1) is 10.1 Å². The summed E-state index contributed by atoms with van der Waals surface area (Å²) in [5.74, 6) is -1.65. The predicted octanol–water partition coefficient (Wildman–Crippen LogP) is 1.82. The van der Waals surface area contributed by atoms with Crippen LogP contribution in [0.5, 0.6) is 0 Å². The first kappa shape index (κ1) is 15.2. The number of hydrogen-bond acceptors (Lipinski definition) is 5. The average molecular weight is 315 g/mol. The van der Waals surface area contributed by atoms with E-state index in [0.717, 1.165) is 6.07 Å². The van der Waals surface area contributed by atoms with Gasteiger partial charge in [-0.3, -0.25) is 14.9 Å². The third-order valence-electron chi connectivity index (χ3n) is 3.01. The fourth-order valence-corrected chi connectivity index (χ4v) is 2.17. The van der Waals surface area contributed by atoms with Crippen molar-refractivity contribution in [2.75, 3.05) is 5.32 Å². The van der Waals surface area contributed by atoms with Gasteiger partial charge >= 0.3 is 5.97 Å². The molecular weight excluding hydrogens is 304 g/mol. The van der Waals surface area contributed by atoms with Crippen LogP contribution in [0.15, 0.2) is 18.2 Å². The molecule has 1 amide bonds. The van der Waals surface area contributed by atoms with E-state index in [1.807, 2.05) is 0 Å². The zero-order chi connectivity index (χ0) is 15.6. The number of nitrogens with zero attached hydrogens (tertiary/aromatic N) is 1. The average Bonchev–Trinajstić information content (AvgIpc) is 2.90. The summed E-state index contributed by atoms with van der Waals surface area (Å²) in [6.07, 6.45) is -1.33. The van der Waals surface area contributed by atoms with Gasteiger partial charge in [0.2, 0.25) is 0 Å². The van der Waals surface area contributed by atoms with Crippen molar-refractivity contribution in [3.8, 4) is 0 Å². The summed E-state index contributed by atoms with van der Waals surface area (Å²) in [5.41, 5.74) is 0.00991. The number of rotatable bonds is 4. The number of nitrogens with one attached hydrogen (secondary N) is 1. The highest BCUT2D eigenvalue weighted by Gasteiger charge is 2.34. The van der Waals surface area contributed by atoms with E-state index in [9.17, 15) is 19.7 Å². The molecule has 0 bridgehead atoms. The molecule has 1 aromatic rings. The molecule has 0 aliphatic carbocycles. The summed E-state index contributed by atoms with van der Waals surface area (Å²) in [4.78, 5) is 32.7. The molecule has 21 heavy (non-hydrogen) atoms. The number of nitro benzene ring substituents is 1. The van der Waals surface area contributed by atoms with Crippen molar-refractivity contribution in [1.82, 2.24) is 0 Å². The van der Waals surface area contributed by atoms with E-state index in [1.54, 1.807) is 0 Å². The lowest BCUT2D eigenvalue weighted by Gasteiger charge is -2.12. The normalized spacial score (nSPS) is 21.0. The van der Waals surface area contributed by atoms with Crippen molar-refractivity contribution in [3.63, 3.8) is 0 Å². The van der Waals surface area contributed by atoms with E-state index in [0.29, 0.717) is 0 Å². The zero-order valence-corrected chi connectivity index (χ0v) is 11.4. The van der Waals surface area contributed by atoms with Crippen LogP contribution in [0.1, 0.15) is 12.8 Å². The van der Waals surface area contributed by atoms with Crippen LogP contribution in [0.4, 0.5) is 11.4 Å². The smallest absolute Gasteiger partial charge is 0.332 e. The molecule has 2 atom stereocenters. The number of carbonyl (C=O) groups is 2. The molecule has 9 heteroatoms. The molecule has 0 radical (unpaired) electrons. The van der Waals surface area contributed by atoms with Crippen molar-refractivity contribution in [2.45, 2.75) is 25.0 Å². The Morgan fingerprint density at radius 2 is 2.05 bits per heavy atom. The molecule has 1 saturated heterocycles. The van der Waals surface area contributed by atoms with E-state index in [-0.39, 0.29) is 29.2 Å². The Balaban J connectivity index is 2.03. The highest BCUT2D eigenvalue weighted by Crippen LogP contribution is 2.28. The summed E-state index contributed by atoms with van der Waals surface area (Å²) in [6, 6.07) is 3.63. The fourth-order valence-electron chi connectivity index (χ4n) is 1.94. The minimum absolute atomic E-state index is 0.0188. The summed E-state index contributed by atoms with van der Waals surface area (Å²) < 4.78 is 5.10. The molecule has 0 aromatic heterocycles. The van der Waals surface area contributed by atoms with Crippen LogP contribution in [-0.2, 0) is 14.3 Å². The third-order valence-corrected chi connectivity index (χ3v) is 3.32. The van der Waals surface area contributed by atoms with Crippen molar-refractivity contribution >= 4 is 34.9 Å². The number of anilines is 1. The second-order valence-electron chi connectivity index (χ2n) is 4.44. The van der Waals surface area contributed by atoms with Crippen LogP contribution in [0.3, 0.4) is 0 Å². The van der Waals surface area contributed by atoms with Crippen LogP contribution >= 0.6 is 11.6 Å². The summed E-state index contributed by atoms with van der Waals surface area (Å²) in [6.45, 7) is 0. The Labute approximate surface area is 123 Å². The van der Waals surface area contributed by atoms with Gasteiger partial charge in [0.15, 0.2) is 6.10 Å². The monoisotopic (exact) mass is 314 g/mol. The van der Waals surface area contributed by atoms with Gasteiger partial charge < -0.3 is 15.2 Å². The van der Waals surface area contributed by atoms with Gasteiger partial charge in [-0.15, -0.1) is 0 Å². The van der Waals surface area contributed by atoms with E-state index >= 15 is 0 Å². The Kier molecular flexibility index (Phi) is 4.39. The van der Waals surface area contributed by atoms with Gasteiger partial charge in [0.1, 0.15) is 6.10 Å². The first-order valence-electron chi connectivity index (χ1n) is 6.01. The Morgan fingerprint density at radius 3 is 2.57 bits per heavy atom. The standard InChI is InChI=1S/C12H11ClN2O6/c13-7-5-6(15(19)20)1-2-8(7)14-11(16)9-3-4-10(21-9)12(17)18/h1-2,5,9-10H,3-4H2,(H,14,16)(H,17,18). The number of carboxylic acid groups (broad SMARTS) is 1. The highest BCUT2D eigenvalue weighted by atomic mass is 35.5. The largest absolute Gasteiger partial charge is 0.479 e. The number of carboxylic acids is 1. The number of hydrogen-bond donors (Lipinski definition) is 2. The lowest BCUT2D eigenvalue weighted by molar-refractivity contribution is -0.384. The molecule has 2 N–H and O–H groups in total. The second kappa shape index (κ2) is 6.06. The van der Waals surface area contributed by atoms with Crippen LogP contribution in [0.25, 0.3) is 0 Å². The van der Waals surface area contributed by atoms with E-state index in [2.05, 4.69) is 5.32 Å². The lowest BCUT2D eigenvalue weighted by Crippen LogP contribution is -2.30. The number of halogens is 1. The third kappa shape index (κ3) is 3.47. The molecule has 8 nitrogen and oxygen atoms in total. The van der Waals surface area contributed by atoms with Gasteiger partial charge in [0, 0.05) is 12.1 Å². The molecule has 1 aliphatic heterocycles. The van der Waals surface area contributed by atoms with Gasteiger partial charge in [0.25, 0.3) is 11.6 Å². The molecular formula is C12H11ClN2O6. The molecule has 1 fully saturated rings. The maximum atomic E-state index is 11.9. The Bertz CT molecular complexity index is 605. The van der Waals surface area contributed by atoms with E-state index in [1.165, 1.54) is 12.1 Å². The van der Waals surface area contributed by atoms with Crippen molar-refractivity contribution in [3.05, 3.63) is 33.3 Å². The van der Waals surface area contributed by atoms with Crippen LogP contribution in [0.2, 0.25) is 5.02 Å². The fraction of sp³-hybridized carbons (Fsp3) is 0.333. The lowest BCUT2D eigenvalue weighted by atomic mass is 10.2. The zero-order valence-electron chi connectivity index (χ0n) is 10.6. The number of aliphatic carboxylic acids is 1. The number of benzene rings is 1. The van der Waals surface area contributed by atoms with Crippen molar-refractivity contribution in [2.24, 2.45) is 0 Å².